The Morgan fingerprint density at radius 1 is 1.04 bits per heavy atom. The number of rotatable bonds is 6. The molecule has 26 heavy (non-hydrogen) atoms. The zero-order valence-electron chi connectivity index (χ0n) is 14.2. The molecule has 3 aromatic carbocycles. The van der Waals surface area contributed by atoms with Crippen molar-refractivity contribution in [3.8, 4) is 11.5 Å². The molecule has 0 saturated carbocycles. The Kier molecular flexibility index (Phi) is 5.03. The first-order chi connectivity index (χ1) is 12.5. The van der Waals surface area contributed by atoms with Crippen LogP contribution in [0.3, 0.4) is 0 Å². The quantitative estimate of drug-likeness (QED) is 0.517. The SMILES string of the molecule is CN(c1ccc(O)cc1)c1ccccc1OCc1cccc([N+](=O)[O-])c1. The molecular formula is C20H18N2O4. The number of nitrogens with zero attached hydrogens (tertiary/aromatic N) is 2. The van der Waals surface area contributed by atoms with Crippen molar-refractivity contribution in [2.24, 2.45) is 0 Å². The summed E-state index contributed by atoms with van der Waals surface area (Å²) in [6.45, 7) is 0.224. The fourth-order valence-corrected chi connectivity index (χ4v) is 2.59. The minimum atomic E-state index is -0.421. The number of aromatic hydroxyl groups is 1. The predicted molar refractivity (Wildman–Crippen MR) is 100 cm³/mol. The van der Waals surface area contributed by atoms with Gasteiger partial charge < -0.3 is 14.7 Å². The average Bonchev–Trinajstić information content (AvgIpc) is 2.67. The van der Waals surface area contributed by atoms with Crippen LogP contribution >= 0.6 is 0 Å². The molecule has 0 fully saturated rings. The summed E-state index contributed by atoms with van der Waals surface area (Å²) >= 11 is 0. The zero-order chi connectivity index (χ0) is 18.5. The van der Waals surface area contributed by atoms with Crippen LogP contribution in [0, 0.1) is 10.1 Å². The van der Waals surface area contributed by atoms with E-state index in [1.54, 1.807) is 24.3 Å². The molecule has 6 heteroatoms. The van der Waals surface area contributed by atoms with Crippen molar-refractivity contribution in [3.05, 3.63) is 88.5 Å². The van der Waals surface area contributed by atoms with Gasteiger partial charge in [-0.05, 0) is 42.0 Å². The fraction of sp³-hybridized carbons (Fsp3) is 0.100. The molecule has 3 aromatic rings. The predicted octanol–water partition coefficient (Wildman–Crippen LogP) is 4.65. The summed E-state index contributed by atoms with van der Waals surface area (Å²) in [4.78, 5) is 12.4. The summed E-state index contributed by atoms with van der Waals surface area (Å²) in [7, 11) is 1.90. The molecule has 3 rings (SSSR count). The lowest BCUT2D eigenvalue weighted by Gasteiger charge is -2.22. The van der Waals surface area contributed by atoms with Crippen LogP contribution in [0.15, 0.2) is 72.8 Å². The third kappa shape index (κ3) is 3.92. The molecule has 0 spiro atoms. The number of non-ortho nitro benzene ring substituents is 1. The topological polar surface area (TPSA) is 75.8 Å². The summed E-state index contributed by atoms with van der Waals surface area (Å²) in [5.74, 6) is 0.868. The van der Waals surface area contributed by atoms with Crippen LogP contribution in [0.5, 0.6) is 11.5 Å². The van der Waals surface area contributed by atoms with E-state index >= 15 is 0 Å². The summed E-state index contributed by atoms with van der Waals surface area (Å²) in [6.07, 6.45) is 0. The van der Waals surface area contributed by atoms with Crippen LogP contribution in [-0.2, 0) is 6.61 Å². The molecule has 132 valence electrons. The van der Waals surface area contributed by atoms with E-state index in [0.717, 1.165) is 16.9 Å². The van der Waals surface area contributed by atoms with Gasteiger partial charge in [0.25, 0.3) is 5.69 Å². The highest BCUT2D eigenvalue weighted by molar-refractivity contribution is 5.68. The van der Waals surface area contributed by atoms with Crippen LogP contribution in [0.1, 0.15) is 5.56 Å². The van der Waals surface area contributed by atoms with E-state index < -0.39 is 4.92 Å². The Hall–Kier alpha value is -3.54. The number of nitro groups is 1. The first kappa shape index (κ1) is 17.3. The number of hydrogen-bond acceptors (Lipinski definition) is 5. The molecule has 0 aromatic heterocycles. The largest absolute Gasteiger partial charge is 0.508 e. The number of benzene rings is 3. The molecular weight excluding hydrogens is 332 g/mol. The number of phenols is 1. The van der Waals surface area contributed by atoms with Crippen molar-refractivity contribution in [3.63, 3.8) is 0 Å². The Morgan fingerprint density at radius 3 is 2.50 bits per heavy atom. The van der Waals surface area contributed by atoms with Crippen LogP contribution in [-0.4, -0.2) is 17.1 Å². The maximum absolute atomic E-state index is 10.9. The van der Waals surface area contributed by atoms with Gasteiger partial charge in [0.1, 0.15) is 18.1 Å². The number of nitro benzene ring substituents is 1. The van der Waals surface area contributed by atoms with Gasteiger partial charge in [-0.2, -0.15) is 0 Å². The molecule has 0 saturated heterocycles. The van der Waals surface area contributed by atoms with Gasteiger partial charge in [0, 0.05) is 24.9 Å². The van der Waals surface area contributed by atoms with Crippen LogP contribution in [0.25, 0.3) is 0 Å². The Labute approximate surface area is 151 Å². The maximum atomic E-state index is 10.9. The van der Waals surface area contributed by atoms with Gasteiger partial charge >= 0.3 is 0 Å². The molecule has 0 aliphatic carbocycles. The van der Waals surface area contributed by atoms with Gasteiger partial charge in [-0.15, -0.1) is 0 Å². The van der Waals surface area contributed by atoms with E-state index in [4.69, 9.17) is 4.74 Å². The van der Waals surface area contributed by atoms with E-state index in [-0.39, 0.29) is 18.0 Å². The lowest BCUT2D eigenvalue weighted by atomic mass is 10.2. The highest BCUT2D eigenvalue weighted by Gasteiger charge is 2.11. The minimum Gasteiger partial charge on any atom is -0.508 e. The normalized spacial score (nSPS) is 10.3. The molecule has 0 aliphatic rings. The smallest absolute Gasteiger partial charge is 0.269 e. The second-order valence-electron chi connectivity index (χ2n) is 5.76. The van der Waals surface area contributed by atoms with Gasteiger partial charge in [0.2, 0.25) is 0 Å². The first-order valence-corrected chi connectivity index (χ1v) is 8.02. The van der Waals surface area contributed by atoms with Crippen LogP contribution in [0.2, 0.25) is 0 Å². The molecule has 0 unspecified atom stereocenters. The van der Waals surface area contributed by atoms with Gasteiger partial charge in [0.05, 0.1) is 10.6 Å². The Bertz CT molecular complexity index is 910. The lowest BCUT2D eigenvalue weighted by Crippen LogP contribution is -2.11. The molecule has 0 atom stereocenters. The molecule has 0 aliphatic heterocycles. The van der Waals surface area contributed by atoms with Crippen molar-refractivity contribution < 1.29 is 14.8 Å². The number of ether oxygens (including phenoxy) is 1. The van der Waals surface area contributed by atoms with Crippen LogP contribution in [0.4, 0.5) is 17.1 Å². The van der Waals surface area contributed by atoms with Crippen molar-refractivity contribution in [1.82, 2.24) is 0 Å². The first-order valence-electron chi connectivity index (χ1n) is 8.02. The highest BCUT2D eigenvalue weighted by Crippen LogP contribution is 2.33. The van der Waals surface area contributed by atoms with Crippen molar-refractivity contribution in [2.45, 2.75) is 6.61 Å². The molecule has 0 radical (unpaired) electrons. The third-order valence-corrected chi connectivity index (χ3v) is 3.98. The van der Waals surface area contributed by atoms with E-state index in [0.29, 0.717) is 5.75 Å². The molecule has 0 bridgehead atoms. The minimum absolute atomic E-state index is 0.0422. The monoisotopic (exact) mass is 350 g/mol. The van der Waals surface area contributed by atoms with Crippen molar-refractivity contribution >= 4 is 17.1 Å². The van der Waals surface area contributed by atoms with Gasteiger partial charge in [0.15, 0.2) is 0 Å². The van der Waals surface area contributed by atoms with Gasteiger partial charge in [-0.1, -0.05) is 24.3 Å². The molecule has 1 N–H and O–H groups in total. The van der Waals surface area contributed by atoms with E-state index in [9.17, 15) is 15.2 Å². The average molecular weight is 350 g/mol. The maximum Gasteiger partial charge on any atom is 0.269 e. The van der Waals surface area contributed by atoms with E-state index in [2.05, 4.69) is 0 Å². The summed E-state index contributed by atoms with van der Waals surface area (Å²) in [5.41, 5.74) is 2.51. The fourth-order valence-electron chi connectivity index (χ4n) is 2.59. The second-order valence-corrected chi connectivity index (χ2v) is 5.76. The van der Waals surface area contributed by atoms with E-state index in [1.165, 1.54) is 12.1 Å². The molecule has 0 heterocycles. The number of anilines is 2. The Morgan fingerprint density at radius 2 is 1.77 bits per heavy atom. The summed E-state index contributed by atoms with van der Waals surface area (Å²) in [5, 5.41) is 20.3. The lowest BCUT2D eigenvalue weighted by molar-refractivity contribution is -0.384. The summed E-state index contributed by atoms with van der Waals surface area (Å²) < 4.78 is 5.91. The zero-order valence-corrected chi connectivity index (χ0v) is 14.2. The van der Waals surface area contributed by atoms with Crippen molar-refractivity contribution in [2.75, 3.05) is 11.9 Å². The number of para-hydroxylation sites is 2. The molecule has 0 amide bonds. The third-order valence-electron chi connectivity index (χ3n) is 3.98. The Balaban J connectivity index is 1.80. The second kappa shape index (κ2) is 7.57. The molecule has 6 nitrogen and oxygen atoms in total. The number of phenolic OH excluding ortho intramolecular Hbond substituents is 1. The van der Waals surface area contributed by atoms with Crippen LogP contribution < -0.4 is 9.64 Å². The standard InChI is InChI=1S/C20H18N2O4/c1-21(16-9-11-18(23)12-10-16)19-7-2-3-8-20(19)26-14-15-5-4-6-17(13-15)22(24)25/h2-13,23H,14H2,1H3. The van der Waals surface area contributed by atoms with E-state index in [1.807, 2.05) is 48.3 Å². The number of hydrogen-bond donors (Lipinski definition) is 1. The van der Waals surface area contributed by atoms with Gasteiger partial charge in [-0.25, -0.2) is 0 Å². The van der Waals surface area contributed by atoms with Crippen molar-refractivity contribution in [1.29, 1.82) is 0 Å². The summed E-state index contributed by atoms with van der Waals surface area (Å²) in [6, 6.07) is 20.8. The van der Waals surface area contributed by atoms with Gasteiger partial charge in [-0.3, -0.25) is 10.1 Å². The highest BCUT2D eigenvalue weighted by atomic mass is 16.6.